The number of ether oxygens (including phenoxy) is 1. The van der Waals surface area contributed by atoms with Gasteiger partial charge in [0.2, 0.25) is 0 Å². The van der Waals surface area contributed by atoms with Crippen molar-refractivity contribution in [2.75, 3.05) is 20.2 Å². The smallest absolute Gasteiger partial charge is 0.192 e. The standard InChI is InChI=1S/C26H37N3O4Si/c1-26(2,3)34(5,6)33-16-17-7-9-27-21(11-17)20-15-29-10-8-18-12-24(30)25(32-4)13-19(18)23(29)14-22(20)28-31/h7,9,11-13,20,23,30-31H,8,10,14-16H2,1-6H3/t20-,23+/m0/s1. The molecule has 2 N–H and O–H groups in total. The maximum atomic E-state index is 10.2. The monoisotopic (exact) mass is 483 g/mol. The van der Waals surface area contributed by atoms with E-state index in [4.69, 9.17) is 9.16 Å². The second-order valence-corrected chi connectivity index (χ2v) is 15.8. The zero-order valence-corrected chi connectivity index (χ0v) is 22.1. The Kier molecular flexibility index (Phi) is 6.77. The molecule has 184 valence electrons. The number of pyridine rings is 1. The average Bonchev–Trinajstić information content (AvgIpc) is 2.80. The Balaban J connectivity index is 1.56. The van der Waals surface area contributed by atoms with E-state index in [0.717, 1.165) is 47.6 Å². The number of fused-ring (bicyclic) bond motifs is 3. The number of nitrogens with zero attached hydrogens (tertiary/aromatic N) is 3. The van der Waals surface area contributed by atoms with Crippen LogP contribution in [0.15, 0.2) is 35.6 Å². The van der Waals surface area contributed by atoms with Gasteiger partial charge in [0.15, 0.2) is 19.8 Å². The molecule has 7 nitrogen and oxygen atoms in total. The highest BCUT2D eigenvalue weighted by molar-refractivity contribution is 6.74. The minimum atomic E-state index is -1.85. The summed E-state index contributed by atoms with van der Waals surface area (Å²) in [4.78, 5) is 7.09. The Labute approximate surface area is 203 Å². The lowest BCUT2D eigenvalue weighted by atomic mass is 9.80. The second-order valence-electron chi connectivity index (χ2n) is 11.0. The molecule has 1 saturated heterocycles. The maximum absolute atomic E-state index is 10.2. The van der Waals surface area contributed by atoms with Crippen LogP contribution in [0, 0.1) is 0 Å². The van der Waals surface area contributed by atoms with Gasteiger partial charge in [-0.05, 0) is 65.5 Å². The fraction of sp³-hybridized carbons (Fsp3) is 0.538. The highest BCUT2D eigenvalue weighted by atomic mass is 28.4. The molecule has 0 radical (unpaired) electrons. The molecular weight excluding hydrogens is 446 g/mol. The molecule has 8 heteroatoms. The van der Waals surface area contributed by atoms with E-state index in [0.29, 0.717) is 18.8 Å². The highest BCUT2D eigenvalue weighted by Gasteiger charge is 2.39. The summed E-state index contributed by atoms with van der Waals surface area (Å²) in [5.41, 5.74) is 4.99. The van der Waals surface area contributed by atoms with Gasteiger partial charge in [0, 0.05) is 31.7 Å². The maximum Gasteiger partial charge on any atom is 0.192 e. The largest absolute Gasteiger partial charge is 0.504 e. The number of aromatic nitrogens is 1. The molecule has 0 bridgehead atoms. The summed E-state index contributed by atoms with van der Waals surface area (Å²) in [6.07, 6.45) is 3.30. The lowest BCUT2D eigenvalue weighted by molar-refractivity contribution is 0.165. The average molecular weight is 484 g/mol. The fourth-order valence-corrected chi connectivity index (χ4v) is 5.66. The molecule has 0 unspecified atom stereocenters. The first-order valence-corrected chi connectivity index (χ1v) is 14.9. The van der Waals surface area contributed by atoms with Crippen LogP contribution < -0.4 is 4.74 Å². The van der Waals surface area contributed by atoms with Crippen LogP contribution >= 0.6 is 0 Å². The number of aromatic hydroxyl groups is 1. The summed E-state index contributed by atoms with van der Waals surface area (Å²) in [5, 5.41) is 24.0. The summed E-state index contributed by atoms with van der Waals surface area (Å²) in [6, 6.07) is 7.93. The molecular formula is C26H37N3O4Si. The van der Waals surface area contributed by atoms with Crippen molar-refractivity contribution in [2.24, 2.45) is 5.16 Å². The van der Waals surface area contributed by atoms with Gasteiger partial charge in [0.05, 0.1) is 31.0 Å². The van der Waals surface area contributed by atoms with Gasteiger partial charge < -0.3 is 19.5 Å². The Morgan fingerprint density at radius 2 is 2.00 bits per heavy atom. The topological polar surface area (TPSA) is 87.4 Å². The SMILES string of the molecule is COc1cc2c(cc1O)CCN1C[C@@H](c3cc(CO[Si](C)(C)C(C)(C)C)ccn3)C(=NO)C[C@H]21. The van der Waals surface area contributed by atoms with Crippen molar-refractivity contribution < 1.29 is 19.5 Å². The summed E-state index contributed by atoms with van der Waals surface area (Å²) >= 11 is 0. The number of benzene rings is 1. The van der Waals surface area contributed by atoms with Crippen molar-refractivity contribution in [2.45, 2.75) is 70.3 Å². The number of piperidine rings is 1. The summed E-state index contributed by atoms with van der Waals surface area (Å²) < 4.78 is 11.8. The fourth-order valence-electron chi connectivity index (χ4n) is 4.70. The molecule has 34 heavy (non-hydrogen) atoms. The van der Waals surface area contributed by atoms with Crippen LogP contribution in [0.25, 0.3) is 0 Å². The molecule has 0 aliphatic carbocycles. The third-order valence-electron chi connectivity index (χ3n) is 7.87. The first-order valence-electron chi connectivity index (χ1n) is 12.0. The zero-order valence-electron chi connectivity index (χ0n) is 21.1. The molecule has 2 aromatic rings. The van der Waals surface area contributed by atoms with E-state index in [1.165, 1.54) is 0 Å². The lowest BCUT2D eigenvalue weighted by Crippen LogP contribution is -2.45. The number of phenolic OH excluding ortho intramolecular Hbond substituents is 1. The van der Waals surface area contributed by atoms with Gasteiger partial charge in [0.25, 0.3) is 0 Å². The van der Waals surface area contributed by atoms with Crippen LogP contribution in [-0.2, 0) is 17.5 Å². The van der Waals surface area contributed by atoms with Gasteiger partial charge in [-0.15, -0.1) is 0 Å². The Morgan fingerprint density at radius 1 is 1.24 bits per heavy atom. The van der Waals surface area contributed by atoms with Crippen LogP contribution in [0.2, 0.25) is 18.1 Å². The molecule has 1 aromatic carbocycles. The number of hydrogen-bond acceptors (Lipinski definition) is 7. The predicted molar refractivity (Wildman–Crippen MR) is 135 cm³/mol. The Bertz CT molecular complexity index is 1080. The minimum absolute atomic E-state index is 0.0744. The van der Waals surface area contributed by atoms with Gasteiger partial charge in [-0.3, -0.25) is 9.88 Å². The summed E-state index contributed by atoms with van der Waals surface area (Å²) in [6.45, 7) is 13.4. The number of phenols is 1. The molecule has 0 amide bonds. The van der Waals surface area contributed by atoms with E-state index in [9.17, 15) is 10.3 Å². The van der Waals surface area contributed by atoms with E-state index in [2.05, 4.69) is 55.0 Å². The van der Waals surface area contributed by atoms with E-state index in [1.807, 2.05) is 18.3 Å². The summed E-state index contributed by atoms with van der Waals surface area (Å²) in [5.74, 6) is 0.566. The first-order chi connectivity index (χ1) is 16.0. The predicted octanol–water partition coefficient (Wildman–Crippen LogP) is 5.23. The van der Waals surface area contributed by atoms with Crippen molar-refractivity contribution in [1.29, 1.82) is 0 Å². The molecule has 2 aliphatic rings. The number of hydrogen-bond donors (Lipinski definition) is 2. The molecule has 1 aromatic heterocycles. The van der Waals surface area contributed by atoms with Crippen molar-refractivity contribution in [3.05, 3.63) is 52.8 Å². The van der Waals surface area contributed by atoms with Crippen molar-refractivity contribution in [1.82, 2.24) is 9.88 Å². The second kappa shape index (κ2) is 9.32. The van der Waals surface area contributed by atoms with E-state index < -0.39 is 8.32 Å². The van der Waals surface area contributed by atoms with Crippen LogP contribution in [0.1, 0.15) is 61.5 Å². The zero-order chi connectivity index (χ0) is 24.7. The quantitative estimate of drug-likeness (QED) is 0.344. The third-order valence-corrected chi connectivity index (χ3v) is 12.3. The Morgan fingerprint density at radius 3 is 2.68 bits per heavy atom. The lowest BCUT2D eigenvalue weighted by Gasteiger charge is -2.43. The number of oxime groups is 1. The summed E-state index contributed by atoms with van der Waals surface area (Å²) in [7, 11) is -0.292. The van der Waals surface area contributed by atoms with Crippen LogP contribution in [0.5, 0.6) is 11.5 Å². The van der Waals surface area contributed by atoms with Crippen molar-refractivity contribution in [3.8, 4) is 11.5 Å². The van der Waals surface area contributed by atoms with Crippen LogP contribution in [0.3, 0.4) is 0 Å². The van der Waals surface area contributed by atoms with Gasteiger partial charge in [-0.25, -0.2) is 0 Å². The van der Waals surface area contributed by atoms with Gasteiger partial charge in [-0.1, -0.05) is 25.9 Å². The van der Waals surface area contributed by atoms with Crippen molar-refractivity contribution in [3.63, 3.8) is 0 Å². The molecule has 3 heterocycles. The van der Waals surface area contributed by atoms with Crippen molar-refractivity contribution >= 4 is 14.0 Å². The van der Waals surface area contributed by atoms with Gasteiger partial charge in [-0.2, -0.15) is 0 Å². The number of methoxy groups -OCH3 is 1. The molecule has 2 aliphatic heterocycles. The molecule has 0 saturated carbocycles. The molecule has 1 fully saturated rings. The normalized spacial score (nSPS) is 22.4. The third kappa shape index (κ3) is 4.71. The van der Waals surface area contributed by atoms with E-state index >= 15 is 0 Å². The Hall–Kier alpha value is -2.42. The first kappa shape index (κ1) is 24.7. The minimum Gasteiger partial charge on any atom is -0.504 e. The molecule has 2 atom stereocenters. The van der Waals surface area contributed by atoms with Crippen LogP contribution in [-0.4, -0.2) is 54.4 Å². The van der Waals surface area contributed by atoms with E-state index in [1.54, 1.807) is 13.2 Å². The molecule has 0 spiro atoms. The highest BCUT2D eigenvalue weighted by Crippen LogP contribution is 2.43. The number of rotatable bonds is 5. The van der Waals surface area contributed by atoms with E-state index in [-0.39, 0.29) is 22.7 Å². The molecule has 4 rings (SSSR count). The van der Waals surface area contributed by atoms with Gasteiger partial charge in [0.1, 0.15) is 0 Å². The van der Waals surface area contributed by atoms with Crippen LogP contribution in [0.4, 0.5) is 0 Å². The van der Waals surface area contributed by atoms with Gasteiger partial charge >= 0.3 is 0 Å².